The molecule has 0 bridgehead atoms. The van der Waals surface area contributed by atoms with Crippen molar-refractivity contribution < 1.29 is 12.3 Å². The number of amides is 1. The monoisotopic (exact) mass is 234 g/mol. The van der Waals surface area contributed by atoms with Crippen molar-refractivity contribution in [1.29, 1.82) is 5.26 Å². The number of carbonyl (C=O) groups excluding carboxylic acids is 1. The first-order valence-electron chi connectivity index (χ1n) is 6.16. The Kier molecular flexibility index (Phi) is 3.20. The normalized spacial score (nSPS) is 13.1. The van der Waals surface area contributed by atoms with Crippen molar-refractivity contribution in [2.75, 3.05) is 0 Å². The molecule has 1 amide bonds. The van der Waals surface area contributed by atoms with Crippen LogP contribution in [0.25, 0.3) is 0 Å². The molecule has 0 aliphatic heterocycles. The number of alkyl carbamates (subject to hydrolysis) is 1. The van der Waals surface area contributed by atoms with Crippen LogP contribution in [0.3, 0.4) is 0 Å². The number of nitrogens with one attached hydrogen (secondary N) is 1. The molecule has 0 aromatic heterocycles. The Labute approximate surface area is 104 Å². The molecule has 0 saturated carbocycles. The predicted molar refractivity (Wildman–Crippen MR) is 64.2 cm³/mol. The minimum atomic E-state index is -2.10. The lowest BCUT2D eigenvalue weighted by atomic mass is 10.1. The van der Waals surface area contributed by atoms with Crippen LogP contribution in [0.5, 0.6) is 0 Å². The van der Waals surface area contributed by atoms with Gasteiger partial charge in [0, 0.05) is 6.50 Å². The summed E-state index contributed by atoms with van der Waals surface area (Å²) in [7, 11) is 0. The molecule has 0 heterocycles. The second-order valence-corrected chi connectivity index (χ2v) is 4.44. The van der Waals surface area contributed by atoms with Gasteiger partial charge in [-0.2, -0.15) is 5.26 Å². The van der Waals surface area contributed by atoms with Gasteiger partial charge in [0.1, 0.15) is 5.60 Å². The third kappa shape index (κ3) is 5.03. The van der Waals surface area contributed by atoms with Gasteiger partial charge in [0.2, 0.25) is 0 Å². The molecule has 4 nitrogen and oxygen atoms in total. The summed E-state index contributed by atoms with van der Waals surface area (Å²) in [6, 6.07) is 7.93. The highest BCUT2D eigenvalue weighted by molar-refractivity contribution is 5.67. The average Bonchev–Trinajstić information content (AvgIpc) is 2.25. The first-order chi connectivity index (χ1) is 8.64. The summed E-state index contributed by atoms with van der Waals surface area (Å²) >= 11 is 0. The van der Waals surface area contributed by atoms with Crippen molar-refractivity contribution in [1.82, 2.24) is 5.32 Å². The van der Waals surface area contributed by atoms with Crippen molar-refractivity contribution in [3.8, 4) is 6.07 Å². The van der Waals surface area contributed by atoms with E-state index in [1.165, 1.54) is 12.1 Å². The van der Waals surface area contributed by atoms with Gasteiger partial charge in [0.25, 0.3) is 0 Å². The molecule has 1 aromatic rings. The van der Waals surface area contributed by atoms with Crippen LogP contribution in [-0.4, -0.2) is 11.7 Å². The fraction of sp³-hybridized carbons (Fsp3) is 0.385. The smallest absolute Gasteiger partial charge is 0.407 e. The molecule has 0 fully saturated rings. The molecule has 0 spiro atoms. The molecule has 0 aliphatic carbocycles. The van der Waals surface area contributed by atoms with Gasteiger partial charge in [-0.05, 0) is 38.5 Å². The Balaban J connectivity index is 2.86. The molecule has 0 atom stereocenters. The maximum absolute atomic E-state index is 11.6. The lowest BCUT2D eigenvalue weighted by Crippen LogP contribution is -2.32. The molecule has 90 valence electrons. The summed E-state index contributed by atoms with van der Waals surface area (Å²) in [5.41, 5.74) is -0.181. The number of carbonyl (C=O) groups is 1. The Hall–Kier alpha value is -2.02. The lowest BCUT2D eigenvalue weighted by Gasteiger charge is -2.19. The van der Waals surface area contributed by atoms with Gasteiger partial charge in [-0.15, -0.1) is 0 Å². The van der Waals surface area contributed by atoms with Crippen molar-refractivity contribution >= 4 is 6.09 Å². The third-order valence-corrected chi connectivity index (χ3v) is 1.70. The summed E-state index contributed by atoms with van der Waals surface area (Å²) in [5, 5.41) is 10.9. The number of nitrogens with zero attached hydrogens (tertiary/aromatic N) is 1. The second kappa shape index (κ2) is 5.35. The average molecular weight is 234 g/mol. The minimum Gasteiger partial charge on any atom is -0.444 e. The molecule has 0 aliphatic rings. The topological polar surface area (TPSA) is 62.1 Å². The van der Waals surface area contributed by atoms with Gasteiger partial charge in [-0.3, -0.25) is 0 Å². The summed E-state index contributed by atoms with van der Waals surface area (Å²) in [6.45, 7) is 2.98. The summed E-state index contributed by atoms with van der Waals surface area (Å²) < 4.78 is 20.6. The maximum atomic E-state index is 11.6. The third-order valence-electron chi connectivity index (χ3n) is 1.70. The van der Waals surface area contributed by atoms with Gasteiger partial charge in [0.05, 0.1) is 14.4 Å². The van der Waals surface area contributed by atoms with Gasteiger partial charge in [-0.1, -0.05) is 12.1 Å². The Morgan fingerprint density at radius 2 is 2.29 bits per heavy atom. The van der Waals surface area contributed by atoms with E-state index in [2.05, 4.69) is 5.32 Å². The number of hydrogen-bond acceptors (Lipinski definition) is 3. The van der Waals surface area contributed by atoms with Gasteiger partial charge >= 0.3 is 6.09 Å². The van der Waals surface area contributed by atoms with E-state index in [1.54, 1.807) is 32.9 Å². The molecule has 0 unspecified atom stereocenters. The summed E-state index contributed by atoms with van der Waals surface area (Å²) in [6.07, 6.45) is -0.847. The number of ether oxygens (including phenoxy) is 1. The zero-order chi connectivity index (χ0) is 14.7. The molecular formula is C13H16N2O2. The number of nitriles is 1. The lowest BCUT2D eigenvalue weighted by molar-refractivity contribution is 0.0523. The fourth-order valence-corrected chi connectivity index (χ4v) is 1.09. The van der Waals surface area contributed by atoms with E-state index < -0.39 is 18.2 Å². The van der Waals surface area contributed by atoms with Crippen LogP contribution in [0.1, 0.15) is 34.6 Å². The van der Waals surface area contributed by atoms with Crippen LogP contribution >= 0.6 is 0 Å². The zero-order valence-electron chi connectivity index (χ0n) is 12.1. The molecule has 17 heavy (non-hydrogen) atoms. The maximum Gasteiger partial charge on any atom is 0.407 e. The molecule has 1 rings (SSSR count). The Morgan fingerprint density at radius 1 is 1.59 bits per heavy atom. The molecule has 0 radical (unpaired) electrons. The van der Waals surface area contributed by atoms with Crippen LogP contribution in [0.15, 0.2) is 24.3 Å². The van der Waals surface area contributed by atoms with Gasteiger partial charge in [-0.25, -0.2) is 4.79 Å². The highest BCUT2D eigenvalue weighted by Crippen LogP contribution is 2.07. The molecule has 0 saturated heterocycles. The van der Waals surface area contributed by atoms with Crippen LogP contribution in [0, 0.1) is 11.3 Å². The van der Waals surface area contributed by atoms with E-state index in [4.69, 9.17) is 12.7 Å². The number of hydrogen-bond donors (Lipinski definition) is 1. The Morgan fingerprint density at radius 3 is 2.88 bits per heavy atom. The highest BCUT2D eigenvalue weighted by atomic mass is 16.6. The standard InChI is InChI=1S/C13H16N2O2/c1-13(2,3)17-12(16)15-9-11-6-4-5-10(7-11)8-14/h4-7H,9H2,1-3H3,(H,15,16)/i9D2. The van der Waals surface area contributed by atoms with Gasteiger partial charge < -0.3 is 10.1 Å². The zero-order valence-corrected chi connectivity index (χ0v) is 10.1. The Bertz CT molecular complexity index is 516. The van der Waals surface area contributed by atoms with Crippen LogP contribution in [0.2, 0.25) is 0 Å². The summed E-state index contributed by atoms with van der Waals surface area (Å²) in [4.78, 5) is 11.6. The summed E-state index contributed by atoms with van der Waals surface area (Å²) in [5.74, 6) is 0. The van der Waals surface area contributed by atoms with E-state index >= 15 is 0 Å². The van der Waals surface area contributed by atoms with Crippen molar-refractivity contribution in [3.05, 3.63) is 35.4 Å². The van der Waals surface area contributed by atoms with Crippen LogP contribution in [0.4, 0.5) is 4.79 Å². The van der Waals surface area contributed by atoms with E-state index in [9.17, 15) is 4.79 Å². The molecule has 1 aromatic carbocycles. The van der Waals surface area contributed by atoms with E-state index in [0.717, 1.165) is 0 Å². The minimum absolute atomic E-state index is 0.192. The fourth-order valence-electron chi connectivity index (χ4n) is 1.09. The SMILES string of the molecule is [2H]C([2H])(NC(=O)OC(C)(C)C)c1cccc(C#N)c1. The van der Waals surface area contributed by atoms with E-state index in [0.29, 0.717) is 5.56 Å². The first-order valence-corrected chi connectivity index (χ1v) is 5.16. The largest absolute Gasteiger partial charge is 0.444 e. The van der Waals surface area contributed by atoms with Crippen molar-refractivity contribution in [2.24, 2.45) is 0 Å². The number of rotatable bonds is 2. The van der Waals surface area contributed by atoms with Crippen molar-refractivity contribution in [3.63, 3.8) is 0 Å². The highest BCUT2D eigenvalue weighted by Gasteiger charge is 2.15. The molecule has 1 N–H and O–H groups in total. The van der Waals surface area contributed by atoms with E-state index in [-0.39, 0.29) is 5.56 Å². The second-order valence-electron chi connectivity index (χ2n) is 4.44. The predicted octanol–water partition coefficient (Wildman–Crippen LogP) is 2.58. The van der Waals surface area contributed by atoms with Crippen LogP contribution < -0.4 is 5.32 Å². The quantitative estimate of drug-likeness (QED) is 0.855. The molecule has 4 heteroatoms. The first kappa shape index (κ1) is 10.2. The molecular weight excluding hydrogens is 216 g/mol. The number of benzene rings is 1. The van der Waals surface area contributed by atoms with Crippen molar-refractivity contribution in [2.45, 2.75) is 32.9 Å². The van der Waals surface area contributed by atoms with Crippen LogP contribution in [-0.2, 0) is 11.2 Å². The van der Waals surface area contributed by atoms with E-state index in [1.807, 2.05) is 6.07 Å². The van der Waals surface area contributed by atoms with Gasteiger partial charge in [0.15, 0.2) is 0 Å².